The lowest BCUT2D eigenvalue weighted by Gasteiger charge is -2.32. The topological polar surface area (TPSA) is 87.6 Å². The summed E-state index contributed by atoms with van der Waals surface area (Å²) in [6, 6.07) is 0.0400. The molecule has 3 heterocycles. The van der Waals surface area contributed by atoms with E-state index in [1.165, 1.54) is 30.3 Å². The molecule has 0 bridgehead atoms. The summed E-state index contributed by atoms with van der Waals surface area (Å²) in [7, 11) is 0. The normalized spacial score (nSPS) is 29.1. The van der Waals surface area contributed by atoms with E-state index in [4.69, 9.17) is 4.74 Å². The van der Waals surface area contributed by atoms with Gasteiger partial charge in [0.15, 0.2) is 6.23 Å². The number of aryl methyl sites for hydroxylation is 1. The lowest BCUT2D eigenvalue weighted by molar-refractivity contribution is -0.0439. The quantitative estimate of drug-likeness (QED) is 0.853. The van der Waals surface area contributed by atoms with Crippen LogP contribution in [-0.2, 0) is 4.74 Å². The summed E-state index contributed by atoms with van der Waals surface area (Å²) in [6.45, 7) is 3.60. The van der Waals surface area contributed by atoms with Crippen molar-refractivity contribution in [2.24, 2.45) is 0 Å². The number of aliphatic hydroxyl groups is 1. The van der Waals surface area contributed by atoms with E-state index in [-0.39, 0.29) is 24.3 Å². The Morgan fingerprint density at radius 3 is 2.44 bits per heavy atom. The average molecular weight is 351 g/mol. The third kappa shape index (κ3) is 4.22. The van der Waals surface area contributed by atoms with E-state index in [2.05, 4.69) is 9.88 Å². The van der Waals surface area contributed by atoms with Gasteiger partial charge in [0.05, 0.1) is 18.8 Å². The molecule has 140 valence electrons. The Hall–Kier alpha value is -1.44. The third-order valence-electron chi connectivity index (χ3n) is 5.40. The Morgan fingerprint density at radius 1 is 1.16 bits per heavy atom. The molecular weight excluding hydrogens is 322 g/mol. The van der Waals surface area contributed by atoms with E-state index in [0.29, 0.717) is 12.0 Å². The summed E-state index contributed by atoms with van der Waals surface area (Å²) in [5.74, 6) is 0. The number of H-pyrrole nitrogens is 1. The van der Waals surface area contributed by atoms with Crippen LogP contribution >= 0.6 is 0 Å². The van der Waals surface area contributed by atoms with Crippen LogP contribution in [0.4, 0.5) is 0 Å². The molecule has 0 unspecified atom stereocenters. The molecule has 2 aliphatic heterocycles. The largest absolute Gasteiger partial charge is 0.394 e. The zero-order chi connectivity index (χ0) is 17.8. The van der Waals surface area contributed by atoms with E-state index in [9.17, 15) is 14.7 Å². The molecule has 0 aromatic carbocycles. The molecule has 0 saturated carbocycles. The van der Waals surface area contributed by atoms with Gasteiger partial charge in [0.25, 0.3) is 5.56 Å². The van der Waals surface area contributed by atoms with Crippen LogP contribution in [0, 0.1) is 6.92 Å². The zero-order valence-electron chi connectivity index (χ0n) is 14.9. The first kappa shape index (κ1) is 18.4. The number of ether oxygens (including phenoxy) is 1. The lowest BCUT2D eigenvalue weighted by atomic mass is 10.1. The molecule has 7 nitrogen and oxygen atoms in total. The smallest absolute Gasteiger partial charge is 0.330 e. The van der Waals surface area contributed by atoms with E-state index in [0.717, 1.165) is 25.9 Å². The van der Waals surface area contributed by atoms with E-state index in [1.807, 2.05) is 0 Å². The summed E-state index contributed by atoms with van der Waals surface area (Å²) in [4.78, 5) is 28.8. The highest BCUT2D eigenvalue weighted by Crippen LogP contribution is 2.32. The highest BCUT2D eigenvalue weighted by Gasteiger charge is 2.40. The highest BCUT2D eigenvalue weighted by atomic mass is 16.5. The van der Waals surface area contributed by atoms with E-state index >= 15 is 0 Å². The molecule has 2 aliphatic rings. The maximum atomic E-state index is 12.3. The Balaban J connectivity index is 1.88. The number of aliphatic hydroxyl groups excluding tert-OH is 1. The zero-order valence-corrected chi connectivity index (χ0v) is 14.9. The fraction of sp³-hybridized carbons (Fsp3) is 0.778. The Labute approximate surface area is 147 Å². The lowest BCUT2D eigenvalue weighted by Crippen LogP contribution is -2.44. The summed E-state index contributed by atoms with van der Waals surface area (Å²) >= 11 is 0. The van der Waals surface area contributed by atoms with Crippen molar-refractivity contribution >= 4 is 0 Å². The fourth-order valence-electron chi connectivity index (χ4n) is 3.98. The van der Waals surface area contributed by atoms with Gasteiger partial charge in [-0.2, -0.15) is 0 Å². The van der Waals surface area contributed by atoms with Gasteiger partial charge >= 0.3 is 5.69 Å². The second-order valence-electron chi connectivity index (χ2n) is 7.27. The first-order valence-electron chi connectivity index (χ1n) is 9.42. The van der Waals surface area contributed by atoms with Crippen molar-refractivity contribution in [2.45, 2.75) is 70.2 Å². The molecule has 25 heavy (non-hydrogen) atoms. The minimum atomic E-state index is -0.471. The van der Waals surface area contributed by atoms with Gasteiger partial charge in [-0.3, -0.25) is 19.2 Å². The van der Waals surface area contributed by atoms with Crippen molar-refractivity contribution in [2.75, 3.05) is 19.7 Å². The van der Waals surface area contributed by atoms with Crippen LogP contribution < -0.4 is 11.2 Å². The molecule has 3 rings (SSSR count). The highest BCUT2D eigenvalue weighted by molar-refractivity contribution is 5.03. The van der Waals surface area contributed by atoms with Crippen LogP contribution in [0.3, 0.4) is 0 Å². The summed E-state index contributed by atoms with van der Waals surface area (Å²) in [5.41, 5.74) is -0.329. The maximum absolute atomic E-state index is 12.3. The molecule has 0 spiro atoms. The van der Waals surface area contributed by atoms with Crippen LogP contribution in [-0.4, -0.2) is 51.4 Å². The summed E-state index contributed by atoms with van der Waals surface area (Å²) < 4.78 is 7.48. The Kier molecular flexibility index (Phi) is 6.09. The molecule has 3 atom stereocenters. The predicted octanol–water partition coefficient (Wildman–Crippen LogP) is 1.15. The third-order valence-corrected chi connectivity index (χ3v) is 5.40. The molecular formula is C18H29N3O4. The maximum Gasteiger partial charge on any atom is 0.330 e. The number of nitrogens with one attached hydrogen (secondary N) is 1. The molecule has 0 aliphatic carbocycles. The molecule has 2 N–H and O–H groups in total. The van der Waals surface area contributed by atoms with Gasteiger partial charge in [0, 0.05) is 11.8 Å². The number of hydrogen-bond donors (Lipinski definition) is 2. The standard InChI is InChI=1S/C18H29N3O4/c1-13-11-21(18(24)19-16(13)23)17-15(10-14(12-22)25-17)20-8-6-4-2-3-5-7-9-20/h11,14-15,17,22H,2-10,12H2,1H3,(H,19,23,24)/t14-,15+,17+/m1/s1. The first-order valence-corrected chi connectivity index (χ1v) is 9.42. The second-order valence-corrected chi connectivity index (χ2v) is 7.27. The van der Waals surface area contributed by atoms with Crippen LogP contribution in [0.25, 0.3) is 0 Å². The van der Waals surface area contributed by atoms with Gasteiger partial charge in [-0.25, -0.2) is 4.79 Å². The summed E-state index contributed by atoms with van der Waals surface area (Å²) in [5, 5.41) is 9.57. The van der Waals surface area contributed by atoms with Crippen molar-refractivity contribution in [1.82, 2.24) is 14.5 Å². The monoisotopic (exact) mass is 351 g/mol. The van der Waals surface area contributed by atoms with Gasteiger partial charge in [-0.15, -0.1) is 0 Å². The van der Waals surface area contributed by atoms with Crippen molar-refractivity contribution in [1.29, 1.82) is 0 Å². The minimum Gasteiger partial charge on any atom is -0.394 e. The van der Waals surface area contributed by atoms with Crippen molar-refractivity contribution in [3.8, 4) is 0 Å². The molecule has 2 saturated heterocycles. The molecule has 0 amide bonds. The average Bonchev–Trinajstić information content (AvgIpc) is 3.06. The van der Waals surface area contributed by atoms with Gasteiger partial charge in [0.2, 0.25) is 0 Å². The van der Waals surface area contributed by atoms with Crippen molar-refractivity contribution < 1.29 is 9.84 Å². The van der Waals surface area contributed by atoms with Gasteiger partial charge in [0.1, 0.15) is 0 Å². The summed E-state index contributed by atoms with van der Waals surface area (Å²) in [6.07, 6.45) is 8.86. The van der Waals surface area contributed by atoms with E-state index in [1.54, 1.807) is 13.1 Å². The number of hydrogen-bond acceptors (Lipinski definition) is 5. The van der Waals surface area contributed by atoms with Crippen molar-refractivity contribution in [3.05, 3.63) is 32.6 Å². The van der Waals surface area contributed by atoms with Gasteiger partial charge in [-0.1, -0.05) is 25.7 Å². The molecule has 0 radical (unpaired) electrons. The Bertz CT molecular complexity index is 674. The van der Waals surface area contributed by atoms with Crippen LogP contribution in [0.1, 0.15) is 56.7 Å². The van der Waals surface area contributed by atoms with Crippen LogP contribution in [0.2, 0.25) is 0 Å². The number of aromatic nitrogens is 2. The van der Waals surface area contributed by atoms with Gasteiger partial charge in [-0.05, 0) is 39.3 Å². The fourth-order valence-corrected chi connectivity index (χ4v) is 3.98. The molecule has 2 fully saturated rings. The molecule has 1 aromatic rings. The number of nitrogens with zero attached hydrogens (tertiary/aromatic N) is 2. The SMILES string of the molecule is Cc1cn([C@H]2O[C@@H](CO)C[C@@H]2N2CCCCCCCC2)c(=O)[nH]c1=O. The number of rotatable bonds is 3. The number of aromatic amines is 1. The van der Waals surface area contributed by atoms with Gasteiger partial charge < -0.3 is 9.84 Å². The molecule has 1 aromatic heterocycles. The van der Waals surface area contributed by atoms with Crippen LogP contribution in [0.15, 0.2) is 15.8 Å². The molecule has 7 heteroatoms. The second kappa shape index (κ2) is 8.29. The van der Waals surface area contributed by atoms with Crippen LogP contribution in [0.5, 0.6) is 0 Å². The minimum absolute atomic E-state index is 0.0400. The first-order chi connectivity index (χ1) is 12.1. The van der Waals surface area contributed by atoms with E-state index < -0.39 is 11.9 Å². The Morgan fingerprint density at radius 2 is 1.80 bits per heavy atom. The van der Waals surface area contributed by atoms with Crippen molar-refractivity contribution in [3.63, 3.8) is 0 Å². The predicted molar refractivity (Wildman–Crippen MR) is 94.7 cm³/mol.